The topological polar surface area (TPSA) is 67.9 Å². The minimum Gasteiger partial charge on any atom is -0.495 e. The van der Waals surface area contributed by atoms with Gasteiger partial charge in [0, 0.05) is 25.7 Å². The van der Waals surface area contributed by atoms with Gasteiger partial charge in [-0.05, 0) is 53.4 Å². The molecule has 3 aromatic carbocycles. The number of fused-ring (bicyclic) bond motifs is 1. The molecule has 0 saturated carbocycles. The van der Waals surface area contributed by atoms with Gasteiger partial charge in [-0.15, -0.1) is 0 Å². The van der Waals surface area contributed by atoms with Gasteiger partial charge in [0.15, 0.2) is 0 Å². The molecule has 1 N–H and O–H groups in total. The van der Waals surface area contributed by atoms with Crippen molar-refractivity contribution in [2.24, 2.45) is 0 Å². The summed E-state index contributed by atoms with van der Waals surface area (Å²) in [7, 11) is -2.27. The van der Waals surface area contributed by atoms with Crippen LogP contribution in [0.2, 0.25) is 0 Å². The minimum absolute atomic E-state index is 0.114. The Labute approximate surface area is 190 Å². The average Bonchev–Trinajstić information content (AvgIpc) is 2.81. The van der Waals surface area contributed by atoms with Gasteiger partial charge in [0.25, 0.3) is 0 Å². The Morgan fingerprint density at radius 3 is 2.47 bits per heavy atom. The third-order valence-electron chi connectivity index (χ3n) is 6.21. The zero-order chi connectivity index (χ0) is 22.7. The number of sulfonamides is 1. The Hall–Kier alpha value is -2.45. The van der Waals surface area contributed by atoms with Gasteiger partial charge < -0.3 is 9.47 Å². The number of hydrogen-bond acceptors (Lipinski definition) is 5. The molecule has 0 radical (unpaired) electrons. The van der Waals surface area contributed by atoms with Crippen LogP contribution in [-0.2, 0) is 14.8 Å². The molecule has 0 aliphatic carbocycles. The molecule has 1 saturated heterocycles. The number of ether oxygens (including phenoxy) is 2. The lowest BCUT2D eigenvalue weighted by atomic mass is 9.97. The van der Waals surface area contributed by atoms with E-state index < -0.39 is 10.0 Å². The molecule has 3 aromatic rings. The van der Waals surface area contributed by atoms with Crippen molar-refractivity contribution in [1.82, 2.24) is 9.62 Å². The van der Waals surface area contributed by atoms with E-state index in [1.54, 1.807) is 12.1 Å². The molecule has 0 unspecified atom stereocenters. The first kappa shape index (κ1) is 22.7. The number of nitrogens with one attached hydrogen (secondary N) is 1. The highest BCUT2D eigenvalue weighted by atomic mass is 32.2. The summed E-state index contributed by atoms with van der Waals surface area (Å²) in [5.74, 6) is 0.355. The fraction of sp³-hybridized carbons (Fsp3) is 0.360. The molecule has 4 rings (SSSR count). The third-order valence-corrected chi connectivity index (χ3v) is 7.65. The summed E-state index contributed by atoms with van der Waals surface area (Å²) in [5.41, 5.74) is 3.01. The summed E-state index contributed by atoms with van der Waals surface area (Å²) in [6.07, 6.45) is 0. The van der Waals surface area contributed by atoms with Crippen LogP contribution in [0.4, 0.5) is 0 Å². The van der Waals surface area contributed by atoms with E-state index in [0.717, 1.165) is 40.6 Å². The zero-order valence-electron chi connectivity index (χ0n) is 18.8. The molecule has 1 atom stereocenters. The van der Waals surface area contributed by atoms with Gasteiger partial charge in [-0.25, -0.2) is 13.1 Å². The van der Waals surface area contributed by atoms with Crippen molar-refractivity contribution in [2.45, 2.75) is 24.8 Å². The summed E-state index contributed by atoms with van der Waals surface area (Å²) in [5, 5.41) is 2.27. The first-order valence-corrected chi connectivity index (χ1v) is 12.3. The monoisotopic (exact) mass is 454 g/mol. The van der Waals surface area contributed by atoms with E-state index in [1.165, 1.54) is 7.11 Å². The molecule has 0 spiro atoms. The molecular weight excluding hydrogens is 424 g/mol. The molecular formula is C25H30N2O4S. The van der Waals surface area contributed by atoms with Crippen LogP contribution in [0.25, 0.3) is 10.8 Å². The molecule has 1 fully saturated rings. The van der Waals surface area contributed by atoms with E-state index in [1.807, 2.05) is 32.0 Å². The Balaban J connectivity index is 1.69. The minimum atomic E-state index is -3.77. The van der Waals surface area contributed by atoms with Crippen molar-refractivity contribution in [2.75, 3.05) is 40.0 Å². The van der Waals surface area contributed by atoms with Gasteiger partial charge in [-0.2, -0.15) is 0 Å². The summed E-state index contributed by atoms with van der Waals surface area (Å²) in [6.45, 7) is 6.88. The lowest BCUT2D eigenvalue weighted by Crippen LogP contribution is -2.43. The Morgan fingerprint density at radius 1 is 1.03 bits per heavy atom. The Bertz CT molecular complexity index is 1200. The van der Waals surface area contributed by atoms with Gasteiger partial charge in [0.2, 0.25) is 10.0 Å². The second kappa shape index (κ2) is 9.58. The van der Waals surface area contributed by atoms with Crippen LogP contribution in [0, 0.1) is 13.8 Å². The maximum absolute atomic E-state index is 13.3. The van der Waals surface area contributed by atoms with Crippen molar-refractivity contribution in [3.05, 3.63) is 71.3 Å². The number of hydrogen-bond donors (Lipinski definition) is 1. The average molecular weight is 455 g/mol. The SMILES string of the molecule is COc1cc(C)c(C)cc1S(=O)(=O)NC[C@H](c1cccc2ccccc12)N1CCOCC1. The fourth-order valence-electron chi connectivity index (χ4n) is 4.27. The predicted octanol–water partition coefficient (Wildman–Crippen LogP) is 3.82. The van der Waals surface area contributed by atoms with E-state index in [4.69, 9.17) is 9.47 Å². The van der Waals surface area contributed by atoms with Gasteiger partial charge in [0.05, 0.1) is 20.3 Å². The van der Waals surface area contributed by atoms with Gasteiger partial charge in [0.1, 0.15) is 10.6 Å². The molecule has 0 amide bonds. The van der Waals surface area contributed by atoms with E-state index in [2.05, 4.69) is 33.9 Å². The first-order chi connectivity index (χ1) is 15.4. The summed E-state index contributed by atoms with van der Waals surface area (Å²) < 4.78 is 40.4. The number of methoxy groups -OCH3 is 1. The quantitative estimate of drug-likeness (QED) is 0.588. The van der Waals surface area contributed by atoms with E-state index in [-0.39, 0.29) is 17.5 Å². The molecule has 7 heteroatoms. The van der Waals surface area contributed by atoms with Gasteiger partial charge >= 0.3 is 0 Å². The lowest BCUT2D eigenvalue weighted by Gasteiger charge is -2.35. The van der Waals surface area contributed by atoms with Crippen molar-refractivity contribution < 1.29 is 17.9 Å². The van der Waals surface area contributed by atoms with Crippen LogP contribution >= 0.6 is 0 Å². The molecule has 6 nitrogen and oxygen atoms in total. The molecule has 32 heavy (non-hydrogen) atoms. The number of benzene rings is 3. The highest BCUT2D eigenvalue weighted by molar-refractivity contribution is 7.89. The van der Waals surface area contributed by atoms with Crippen LogP contribution in [0.5, 0.6) is 5.75 Å². The Kier molecular flexibility index (Phi) is 6.81. The van der Waals surface area contributed by atoms with Gasteiger partial charge in [-0.3, -0.25) is 4.90 Å². The van der Waals surface area contributed by atoms with Crippen molar-refractivity contribution in [3.8, 4) is 5.75 Å². The Morgan fingerprint density at radius 2 is 1.72 bits per heavy atom. The van der Waals surface area contributed by atoms with Crippen LogP contribution in [-0.4, -0.2) is 53.3 Å². The smallest absolute Gasteiger partial charge is 0.244 e. The number of morpholine rings is 1. The summed E-state index contributed by atoms with van der Waals surface area (Å²) >= 11 is 0. The van der Waals surface area contributed by atoms with E-state index >= 15 is 0 Å². The van der Waals surface area contributed by atoms with Gasteiger partial charge in [-0.1, -0.05) is 42.5 Å². The van der Waals surface area contributed by atoms with Crippen LogP contribution in [0.1, 0.15) is 22.7 Å². The lowest BCUT2D eigenvalue weighted by molar-refractivity contribution is 0.0175. The third kappa shape index (κ3) is 4.66. The zero-order valence-corrected chi connectivity index (χ0v) is 19.6. The highest BCUT2D eigenvalue weighted by Crippen LogP contribution is 2.31. The largest absolute Gasteiger partial charge is 0.495 e. The molecule has 0 aromatic heterocycles. The van der Waals surface area contributed by atoms with Crippen molar-refractivity contribution in [1.29, 1.82) is 0 Å². The van der Waals surface area contributed by atoms with Crippen molar-refractivity contribution >= 4 is 20.8 Å². The highest BCUT2D eigenvalue weighted by Gasteiger charge is 2.27. The standard InChI is InChI=1S/C25H30N2O4S/c1-18-15-24(30-3)25(16-19(18)2)32(28,29)26-17-23(27-11-13-31-14-12-27)22-10-6-8-20-7-4-5-9-21(20)22/h4-10,15-16,23,26H,11-14,17H2,1-3H3/t23-/m1/s1. The fourth-order valence-corrected chi connectivity index (χ4v) is 5.54. The normalized spacial score (nSPS) is 16.2. The molecule has 0 bridgehead atoms. The number of rotatable bonds is 7. The van der Waals surface area contributed by atoms with Crippen LogP contribution in [0.15, 0.2) is 59.5 Å². The molecule has 170 valence electrons. The summed E-state index contributed by atoms with van der Waals surface area (Å²) in [6, 6.07) is 17.8. The molecule has 1 aliphatic rings. The maximum atomic E-state index is 13.3. The second-order valence-electron chi connectivity index (χ2n) is 8.17. The molecule has 1 aliphatic heterocycles. The predicted molar refractivity (Wildman–Crippen MR) is 127 cm³/mol. The van der Waals surface area contributed by atoms with Crippen LogP contribution in [0.3, 0.4) is 0 Å². The first-order valence-electron chi connectivity index (χ1n) is 10.8. The second-order valence-corrected chi connectivity index (χ2v) is 9.91. The van der Waals surface area contributed by atoms with E-state index in [0.29, 0.717) is 19.0 Å². The maximum Gasteiger partial charge on any atom is 0.244 e. The molecule has 1 heterocycles. The number of aryl methyl sites for hydroxylation is 2. The van der Waals surface area contributed by atoms with E-state index in [9.17, 15) is 8.42 Å². The van der Waals surface area contributed by atoms with Crippen LogP contribution < -0.4 is 9.46 Å². The van der Waals surface area contributed by atoms with Crippen molar-refractivity contribution in [3.63, 3.8) is 0 Å². The number of nitrogens with zero attached hydrogens (tertiary/aromatic N) is 1. The summed E-state index contributed by atoms with van der Waals surface area (Å²) in [4.78, 5) is 2.47.